The molecule has 1 saturated heterocycles. The monoisotopic (exact) mass is 242 g/mol. The van der Waals surface area contributed by atoms with E-state index in [1.54, 1.807) is 0 Å². The molecule has 0 amide bonds. The van der Waals surface area contributed by atoms with Gasteiger partial charge < -0.3 is 10.1 Å². The summed E-state index contributed by atoms with van der Waals surface area (Å²) < 4.78 is 31.5. The van der Waals surface area contributed by atoms with Crippen molar-refractivity contribution in [2.75, 3.05) is 18.5 Å². The SMILES string of the molecule is CCC1OCCC1CNc1ncc(F)cc1F. The van der Waals surface area contributed by atoms with Crippen LogP contribution in [-0.4, -0.2) is 24.2 Å². The van der Waals surface area contributed by atoms with Gasteiger partial charge in [0.05, 0.1) is 12.3 Å². The number of ether oxygens (including phenoxy) is 1. The van der Waals surface area contributed by atoms with Gasteiger partial charge in [-0.3, -0.25) is 0 Å². The Morgan fingerprint density at radius 1 is 1.53 bits per heavy atom. The molecule has 2 unspecified atom stereocenters. The molecule has 1 aromatic heterocycles. The van der Waals surface area contributed by atoms with Crippen molar-refractivity contribution in [3.8, 4) is 0 Å². The Morgan fingerprint density at radius 3 is 3.06 bits per heavy atom. The molecule has 1 aliphatic heterocycles. The minimum atomic E-state index is -0.663. The lowest BCUT2D eigenvalue weighted by Gasteiger charge is -2.17. The van der Waals surface area contributed by atoms with Crippen molar-refractivity contribution in [1.82, 2.24) is 4.98 Å². The molecule has 2 atom stereocenters. The summed E-state index contributed by atoms with van der Waals surface area (Å²) in [6.07, 6.45) is 3.15. The van der Waals surface area contributed by atoms with E-state index in [1.165, 1.54) is 0 Å². The van der Waals surface area contributed by atoms with Gasteiger partial charge in [-0.25, -0.2) is 13.8 Å². The molecular weight excluding hydrogens is 226 g/mol. The zero-order valence-electron chi connectivity index (χ0n) is 9.75. The van der Waals surface area contributed by atoms with Gasteiger partial charge in [-0.05, 0) is 12.8 Å². The van der Waals surface area contributed by atoms with Gasteiger partial charge in [-0.15, -0.1) is 0 Å². The fourth-order valence-electron chi connectivity index (χ4n) is 2.15. The van der Waals surface area contributed by atoms with Crippen molar-refractivity contribution >= 4 is 5.82 Å². The quantitative estimate of drug-likeness (QED) is 0.881. The first-order valence-electron chi connectivity index (χ1n) is 5.87. The van der Waals surface area contributed by atoms with Crippen molar-refractivity contribution < 1.29 is 13.5 Å². The highest BCUT2D eigenvalue weighted by atomic mass is 19.1. The largest absolute Gasteiger partial charge is 0.378 e. The first kappa shape index (κ1) is 12.2. The van der Waals surface area contributed by atoms with Gasteiger partial charge in [0.15, 0.2) is 11.6 Å². The normalized spacial score (nSPS) is 23.9. The second kappa shape index (κ2) is 5.40. The van der Waals surface area contributed by atoms with E-state index in [9.17, 15) is 8.78 Å². The van der Waals surface area contributed by atoms with Gasteiger partial charge in [0.1, 0.15) is 5.82 Å². The number of hydrogen-bond donors (Lipinski definition) is 1. The van der Waals surface area contributed by atoms with Crippen LogP contribution in [0.25, 0.3) is 0 Å². The predicted molar refractivity (Wildman–Crippen MR) is 60.8 cm³/mol. The maximum atomic E-state index is 13.3. The molecule has 1 aliphatic rings. The Kier molecular flexibility index (Phi) is 3.89. The van der Waals surface area contributed by atoms with Crippen molar-refractivity contribution in [2.45, 2.75) is 25.9 Å². The Balaban J connectivity index is 1.93. The van der Waals surface area contributed by atoms with Crippen molar-refractivity contribution in [3.05, 3.63) is 23.9 Å². The van der Waals surface area contributed by atoms with Gasteiger partial charge in [0, 0.05) is 25.1 Å². The number of pyridine rings is 1. The standard InChI is InChI=1S/C12H16F2N2O/c1-2-11-8(3-4-17-11)6-15-12-10(14)5-9(13)7-16-12/h5,7-8,11H,2-4,6H2,1H3,(H,15,16). The zero-order valence-corrected chi connectivity index (χ0v) is 9.75. The highest BCUT2D eigenvalue weighted by molar-refractivity contribution is 5.35. The van der Waals surface area contributed by atoms with Crippen LogP contribution >= 0.6 is 0 Å². The van der Waals surface area contributed by atoms with Gasteiger partial charge in [-0.2, -0.15) is 0 Å². The van der Waals surface area contributed by atoms with Gasteiger partial charge >= 0.3 is 0 Å². The second-order valence-corrected chi connectivity index (χ2v) is 4.23. The van der Waals surface area contributed by atoms with E-state index in [-0.39, 0.29) is 11.9 Å². The third-order valence-corrected chi connectivity index (χ3v) is 3.09. The summed E-state index contributed by atoms with van der Waals surface area (Å²) >= 11 is 0. The Morgan fingerprint density at radius 2 is 2.35 bits per heavy atom. The molecular formula is C12H16F2N2O. The predicted octanol–water partition coefficient (Wildman–Crippen LogP) is 2.59. The Labute approximate surface area is 99.2 Å². The molecule has 2 heterocycles. The van der Waals surface area contributed by atoms with Crippen LogP contribution in [0, 0.1) is 17.6 Å². The topological polar surface area (TPSA) is 34.1 Å². The zero-order chi connectivity index (χ0) is 12.3. The number of aromatic nitrogens is 1. The lowest BCUT2D eigenvalue weighted by Crippen LogP contribution is -2.23. The van der Waals surface area contributed by atoms with Crippen LogP contribution in [0.15, 0.2) is 12.3 Å². The summed E-state index contributed by atoms with van der Waals surface area (Å²) in [5.74, 6) is -0.847. The smallest absolute Gasteiger partial charge is 0.168 e. The number of anilines is 1. The molecule has 0 aromatic carbocycles. The van der Waals surface area contributed by atoms with E-state index in [0.717, 1.165) is 31.7 Å². The number of rotatable bonds is 4. The summed E-state index contributed by atoms with van der Waals surface area (Å²) in [4.78, 5) is 3.69. The Bertz CT molecular complexity index is 387. The van der Waals surface area contributed by atoms with Crippen LogP contribution in [0.5, 0.6) is 0 Å². The number of nitrogens with one attached hydrogen (secondary N) is 1. The molecule has 1 aromatic rings. The molecule has 2 rings (SSSR count). The molecule has 1 N–H and O–H groups in total. The molecule has 94 valence electrons. The third-order valence-electron chi connectivity index (χ3n) is 3.09. The fraction of sp³-hybridized carbons (Fsp3) is 0.583. The minimum Gasteiger partial charge on any atom is -0.378 e. The van der Waals surface area contributed by atoms with Crippen molar-refractivity contribution in [3.63, 3.8) is 0 Å². The summed E-state index contributed by atoms with van der Waals surface area (Å²) in [6, 6.07) is 0.831. The molecule has 0 saturated carbocycles. The van der Waals surface area contributed by atoms with E-state index in [1.807, 2.05) is 0 Å². The van der Waals surface area contributed by atoms with Crippen LogP contribution in [0.3, 0.4) is 0 Å². The third kappa shape index (κ3) is 2.91. The average Bonchev–Trinajstić information content (AvgIpc) is 2.75. The van der Waals surface area contributed by atoms with Crippen LogP contribution in [0.2, 0.25) is 0 Å². The lowest BCUT2D eigenvalue weighted by atomic mass is 10.00. The second-order valence-electron chi connectivity index (χ2n) is 4.23. The number of nitrogens with zero attached hydrogens (tertiary/aromatic N) is 1. The Hall–Kier alpha value is -1.23. The van der Waals surface area contributed by atoms with Crippen molar-refractivity contribution in [2.24, 2.45) is 5.92 Å². The van der Waals surface area contributed by atoms with E-state index >= 15 is 0 Å². The molecule has 0 radical (unpaired) electrons. The highest BCUT2D eigenvalue weighted by Gasteiger charge is 2.26. The number of hydrogen-bond acceptors (Lipinski definition) is 3. The number of halogens is 2. The summed E-state index contributed by atoms with van der Waals surface area (Å²) in [5, 5.41) is 2.91. The van der Waals surface area contributed by atoms with Crippen molar-refractivity contribution in [1.29, 1.82) is 0 Å². The molecule has 3 nitrogen and oxygen atoms in total. The summed E-state index contributed by atoms with van der Waals surface area (Å²) in [5.41, 5.74) is 0. The van der Waals surface area contributed by atoms with Gasteiger partial charge in [0.25, 0.3) is 0 Å². The fourth-order valence-corrected chi connectivity index (χ4v) is 2.15. The molecule has 1 fully saturated rings. The highest BCUT2D eigenvalue weighted by Crippen LogP contribution is 2.24. The van der Waals surface area contributed by atoms with Crippen LogP contribution in [-0.2, 0) is 4.74 Å². The van der Waals surface area contributed by atoms with E-state index in [2.05, 4.69) is 17.2 Å². The molecule has 0 spiro atoms. The van der Waals surface area contributed by atoms with Gasteiger partial charge in [0.2, 0.25) is 0 Å². The maximum absolute atomic E-state index is 13.3. The first-order chi connectivity index (χ1) is 8.20. The van der Waals surface area contributed by atoms with E-state index < -0.39 is 11.6 Å². The van der Waals surface area contributed by atoms with Crippen LogP contribution in [0.4, 0.5) is 14.6 Å². The van der Waals surface area contributed by atoms with Gasteiger partial charge in [-0.1, -0.05) is 6.92 Å². The molecule has 5 heteroatoms. The first-order valence-corrected chi connectivity index (χ1v) is 5.87. The molecule has 0 aliphatic carbocycles. The summed E-state index contributed by atoms with van der Waals surface area (Å²) in [6.45, 7) is 3.43. The van der Waals surface area contributed by atoms with Crippen LogP contribution in [0.1, 0.15) is 19.8 Å². The van der Waals surface area contributed by atoms with E-state index in [4.69, 9.17) is 4.74 Å². The minimum absolute atomic E-state index is 0.105. The summed E-state index contributed by atoms with van der Waals surface area (Å²) in [7, 11) is 0. The van der Waals surface area contributed by atoms with E-state index in [0.29, 0.717) is 12.5 Å². The maximum Gasteiger partial charge on any atom is 0.168 e. The van der Waals surface area contributed by atoms with Crippen LogP contribution < -0.4 is 5.32 Å². The average molecular weight is 242 g/mol. The molecule has 17 heavy (non-hydrogen) atoms. The lowest BCUT2D eigenvalue weighted by molar-refractivity contribution is 0.0900. The molecule has 0 bridgehead atoms.